The second-order valence-electron chi connectivity index (χ2n) is 5.78. The van der Waals surface area contributed by atoms with Gasteiger partial charge in [-0.3, -0.25) is 19.3 Å². The lowest BCUT2D eigenvalue weighted by atomic mass is 9.92. The van der Waals surface area contributed by atoms with Crippen LogP contribution >= 0.6 is 11.8 Å². The molecule has 0 bridgehead atoms. The van der Waals surface area contributed by atoms with Crippen molar-refractivity contribution in [2.45, 2.75) is 11.3 Å². The van der Waals surface area contributed by atoms with Crippen LogP contribution in [0.2, 0.25) is 0 Å². The quantitative estimate of drug-likeness (QED) is 0.498. The molecule has 1 aliphatic rings. The lowest BCUT2D eigenvalue weighted by molar-refractivity contribution is -0.137. The van der Waals surface area contributed by atoms with Crippen LogP contribution in [0.5, 0.6) is 0 Å². The van der Waals surface area contributed by atoms with Crippen LogP contribution in [0.25, 0.3) is 11.6 Å². The fourth-order valence-electron chi connectivity index (χ4n) is 2.82. The van der Waals surface area contributed by atoms with Gasteiger partial charge >= 0.3 is 5.97 Å². The van der Waals surface area contributed by atoms with Gasteiger partial charge in [-0.05, 0) is 41.7 Å². The highest BCUT2D eigenvalue weighted by atomic mass is 32.2. The molecule has 0 saturated heterocycles. The molecule has 132 valence electrons. The summed E-state index contributed by atoms with van der Waals surface area (Å²) in [5, 5.41) is 8.90. The van der Waals surface area contributed by atoms with E-state index < -0.39 is 17.8 Å². The summed E-state index contributed by atoms with van der Waals surface area (Å²) in [6.07, 6.45) is 3.45. The molecule has 0 atom stereocenters. The number of nitrogens with zero attached hydrogens (tertiary/aromatic N) is 1. The molecule has 2 aromatic carbocycles. The number of hydrogen-bond acceptors (Lipinski definition) is 4. The highest BCUT2D eigenvalue weighted by Gasteiger charge is 2.34. The van der Waals surface area contributed by atoms with Gasteiger partial charge in [0.15, 0.2) is 0 Å². The largest absolute Gasteiger partial charge is 0.481 e. The highest BCUT2D eigenvalue weighted by molar-refractivity contribution is 7.98. The Kier molecular flexibility index (Phi) is 5.23. The molecule has 0 aliphatic carbocycles. The fourth-order valence-corrected chi connectivity index (χ4v) is 3.23. The molecule has 0 unspecified atom stereocenters. The molecule has 0 saturated carbocycles. The molecular formula is C20H17NO4S. The Balaban J connectivity index is 2.05. The lowest BCUT2D eigenvalue weighted by Gasteiger charge is -2.28. The van der Waals surface area contributed by atoms with E-state index in [9.17, 15) is 14.4 Å². The number of rotatable bonds is 5. The van der Waals surface area contributed by atoms with Gasteiger partial charge in [0.05, 0.1) is 6.42 Å². The van der Waals surface area contributed by atoms with Gasteiger partial charge in [0.2, 0.25) is 0 Å². The number of benzene rings is 2. The molecule has 0 radical (unpaired) electrons. The van der Waals surface area contributed by atoms with E-state index in [0.29, 0.717) is 16.7 Å². The van der Waals surface area contributed by atoms with Gasteiger partial charge < -0.3 is 5.11 Å². The Bertz CT molecular complexity index is 902. The maximum atomic E-state index is 12.9. The number of amides is 2. The number of carboxylic acids is 1. The second kappa shape index (κ2) is 7.58. The van der Waals surface area contributed by atoms with E-state index in [1.165, 1.54) is 0 Å². The summed E-state index contributed by atoms with van der Waals surface area (Å²) in [5.74, 6) is -1.98. The van der Waals surface area contributed by atoms with E-state index in [2.05, 4.69) is 0 Å². The number of carboxylic acid groups (broad SMARTS) is 1. The minimum absolute atomic E-state index is 0.149. The molecule has 1 aliphatic heterocycles. The van der Waals surface area contributed by atoms with Crippen LogP contribution in [0.3, 0.4) is 0 Å². The normalized spacial score (nSPS) is 15.3. The smallest absolute Gasteiger partial charge is 0.305 e. The average Bonchev–Trinajstić information content (AvgIpc) is 2.65. The molecule has 0 aromatic heterocycles. The zero-order valence-corrected chi connectivity index (χ0v) is 15.0. The third-order valence-corrected chi connectivity index (χ3v) is 4.89. The highest BCUT2D eigenvalue weighted by Crippen LogP contribution is 2.30. The van der Waals surface area contributed by atoms with Crippen molar-refractivity contribution < 1.29 is 19.5 Å². The molecule has 3 rings (SSSR count). The van der Waals surface area contributed by atoms with Crippen molar-refractivity contribution in [2.24, 2.45) is 0 Å². The van der Waals surface area contributed by atoms with Gasteiger partial charge in [-0.25, -0.2) is 0 Å². The van der Waals surface area contributed by atoms with Gasteiger partial charge in [-0.1, -0.05) is 30.3 Å². The van der Waals surface area contributed by atoms with Crippen molar-refractivity contribution in [1.82, 2.24) is 4.90 Å². The summed E-state index contributed by atoms with van der Waals surface area (Å²) in [6.45, 7) is -0.149. The number of fused-ring (bicyclic) bond motifs is 1. The molecule has 1 heterocycles. The topological polar surface area (TPSA) is 74.7 Å². The summed E-state index contributed by atoms with van der Waals surface area (Å²) < 4.78 is 0. The van der Waals surface area contributed by atoms with Crippen molar-refractivity contribution in [3.05, 3.63) is 65.2 Å². The van der Waals surface area contributed by atoms with Crippen LogP contribution < -0.4 is 0 Å². The van der Waals surface area contributed by atoms with Crippen LogP contribution in [0.1, 0.15) is 27.9 Å². The van der Waals surface area contributed by atoms with E-state index >= 15 is 0 Å². The van der Waals surface area contributed by atoms with Crippen molar-refractivity contribution in [3.8, 4) is 0 Å². The molecule has 1 N–H and O–H groups in total. The molecule has 6 heteroatoms. The molecular weight excluding hydrogens is 350 g/mol. The first-order valence-electron chi connectivity index (χ1n) is 8.04. The Labute approximate surface area is 155 Å². The minimum Gasteiger partial charge on any atom is -0.481 e. The monoisotopic (exact) mass is 367 g/mol. The number of aliphatic carboxylic acids is 1. The third kappa shape index (κ3) is 3.55. The van der Waals surface area contributed by atoms with Crippen molar-refractivity contribution in [1.29, 1.82) is 0 Å². The van der Waals surface area contributed by atoms with Crippen LogP contribution in [0, 0.1) is 0 Å². The molecule has 26 heavy (non-hydrogen) atoms. The number of imide groups is 1. The van der Waals surface area contributed by atoms with Gasteiger partial charge in [0.25, 0.3) is 11.8 Å². The second-order valence-corrected chi connectivity index (χ2v) is 6.66. The molecule has 0 spiro atoms. The van der Waals surface area contributed by atoms with Gasteiger partial charge in [-0.15, -0.1) is 11.8 Å². The van der Waals surface area contributed by atoms with E-state index in [1.54, 1.807) is 42.1 Å². The zero-order chi connectivity index (χ0) is 18.7. The van der Waals surface area contributed by atoms with E-state index in [0.717, 1.165) is 15.4 Å². The standard InChI is InChI=1S/C20H17NO4S/c1-26-14-8-6-13(7-9-14)12-17-15-4-2-3-5-16(15)19(24)21(20(17)25)11-10-18(22)23/h2-9,12H,10-11H2,1H3,(H,22,23). The third-order valence-electron chi connectivity index (χ3n) is 4.14. The summed E-state index contributed by atoms with van der Waals surface area (Å²) in [5.41, 5.74) is 2.21. The summed E-state index contributed by atoms with van der Waals surface area (Å²) in [4.78, 5) is 38.5. The Morgan fingerprint density at radius 3 is 2.31 bits per heavy atom. The molecule has 2 amide bonds. The number of thioether (sulfide) groups is 1. The molecule has 2 aromatic rings. The maximum Gasteiger partial charge on any atom is 0.305 e. The first kappa shape index (κ1) is 17.9. The predicted octanol–water partition coefficient (Wildman–Crippen LogP) is 3.41. The zero-order valence-electron chi connectivity index (χ0n) is 14.1. The number of hydrogen-bond donors (Lipinski definition) is 1. The summed E-state index contributed by atoms with van der Waals surface area (Å²) in [7, 11) is 0. The predicted molar refractivity (Wildman–Crippen MR) is 101 cm³/mol. The lowest BCUT2D eigenvalue weighted by Crippen LogP contribution is -2.42. The molecule has 0 fully saturated rings. The Morgan fingerprint density at radius 1 is 1.04 bits per heavy atom. The van der Waals surface area contributed by atoms with Crippen molar-refractivity contribution in [3.63, 3.8) is 0 Å². The van der Waals surface area contributed by atoms with E-state index in [1.807, 2.05) is 30.5 Å². The fraction of sp³-hybridized carbons (Fsp3) is 0.150. The number of carbonyl (C=O) groups is 3. The Hall–Kier alpha value is -2.86. The average molecular weight is 367 g/mol. The first-order valence-corrected chi connectivity index (χ1v) is 9.27. The Morgan fingerprint density at radius 2 is 1.69 bits per heavy atom. The van der Waals surface area contributed by atoms with E-state index in [-0.39, 0.29) is 13.0 Å². The van der Waals surface area contributed by atoms with Crippen molar-refractivity contribution >= 4 is 41.2 Å². The van der Waals surface area contributed by atoms with Crippen LogP contribution in [-0.4, -0.2) is 40.6 Å². The van der Waals surface area contributed by atoms with Crippen LogP contribution in [-0.2, 0) is 9.59 Å². The number of carbonyl (C=O) groups excluding carboxylic acids is 2. The van der Waals surface area contributed by atoms with E-state index in [4.69, 9.17) is 5.11 Å². The minimum atomic E-state index is -1.05. The van der Waals surface area contributed by atoms with Gasteiger partial charge in [0, 0.05) is 22.6 Å². The summed E-state index contributed by atoms with van der Waals surface area (Å²) in [6, 6.07) is 14.6. The van der Waals surface area contributed by atoms with Crippen molar-refractivity contribution in [2.75, 3.05) is 12.8 Å². The van der Waals surface area contributed by atoms with Crippen LogP contribution in [0.4, 0.5) is 0 Å². The van der Waals surface area contributed by atoms with Gasteiger partial charge in [-0.2, -0.15) is 0 Å². The summed E-state index contributed by atoms with van der Waals surface area (Å²) >= 11 is 1.63. The SMILES string of the molecule is CSc1ccc(C=C2C(=O)N(CCC(=O)O)C(=O)c3ccccc32)cc1. The maximum absolute atomic E-state index is 12.9. The first-order chi connectivity index (χ1) is 12.5. The molecule has 5 nitrogen and oxygen atoms in total. The van der Waals surface area contributed by atoms with Crippen LogP contribution in [0.15, 0.2) is 53.4 Å². The van der Waals surface area contributed by atoms with Gasteiger partial charge in [0.1, 0.15) is 0 Å².